The zero-order valence-electron chi connectivity index (χ0n) is 7.16. The van der Waals surface area contributed by atoms with Gasteiger partial charge in [-0.1, -0.05) is 0 Å². The predicted molar refractivity (Wildman–Crippen MR) is 44.4 cm³/mol. The second-order valence-corrected chi connectivity index (χ2v) is 3.39. The lowest BCUT2D eigenvalue weighted by Gasteiger charge is -2.14. The Kier molecular flexibility index (Phi) is 2.05. The first-order valence-corrected chi connectivity index (χ1v) is 3.70. The molecule has 0 aromatic carbocycles. The van der Waals surface area contributed by atoms with Crippen LogP contribution in [-0.4, -0.2) is 9.55 Å². The van der Waals surface area contributed by atoms with E-state index < -0.39 is 5.41 Å². The minimum absolute atomic E-state index is 0.168. The Morgan fingerprint density at radius 2 is 2.42 bits per heavy atom. The average molecular weight is 165 g/mol. The van der Waals surface area contributed by atoms with E-state index in [1.807, 2.05) is 0 Å². The number of aromatic amines is 1. The van der Waals surface area contributed by atoms with Gasteiger partial charge in [0.25, 0.3) is 0 Å². The monoisotopic (exact) mass is 165 g/mol. The van der Waals surface area contributed by atoms with Gasteiger partial charge in [0.2, 0.25) is 0 Å². The van der Waals surface area contributed by atoms with Crippen molar-refractivity contribution in [3.05, 3.63) is 22.9 Å². The van der Waals surface area contributed by atoms with Crippen LogP contribution in [0.1, 0.15) is 13.8 Å². The first-order chi connectivity index (χ1) is 5.55. The van der Waals surface area contributed by atoms with Crippen molar-refractivity contribution in [3.8, 4) is 6.07 Å². The van der Waals surface area contributed by atoms with E-state index in [1.165, 1.54) is 4.57 Å². The fourth-order valence-corrected chi connectivity index (χ4v) is 0.935. The molecule has 0 fully saturated rings. The van der Waals surface area contributed by atoms with E-state index in [9.17, 15) is 4.79 Å². The van der Waals surface area contributed by atoms with Crippen molar-refractivity contribution in [2.75, 3.05) is 0 Å². The quantitative estimate of drug-likeness (QED) is 0.702. The van der Waals surface area contributed by atoms with Crippen LogP contribution in [0.3, 0.4) is 0 Å². The third-order valence-corrected chi connectivity index (χ3v) is 1.59. The summed E-state index contributed by atoms with van der Waals surface area (Å²) in [6, 6.07) is 2.13. The van der Waals surface area contributed by atoms with Gasteiger partial charge in [-0.3, -0.25) is 4.57 Å². The van der Waals surface area contributed by atoms with Gasteiger partial charge in [-0.25, -0.2) is 4.79 Å². The van der Waals surface area contributed by atoms with Crippen LogP contribution in [0.2, 0.25) is 0 Å². The van der Waals surface area contributed by atoms with Gasteiger partial charge in [0.05, 0.1) is 11.5 Å². The molecule has 4 nitrogen and oxygen atoms in total. The van der Waals surface area contributed by atoms with Gasteiger partial charge in [-0.05, 0) is 13.8 Å². The number of rotatable bonds is 2. The maximum atomic E-state index is 11.0. The summed E-state index contributed by atoms with van der Waals surface area (Å²) in [5.74, 6) is 0. The summed E-state index contributed by atoms with van der Waals surface area (Å²) in [6.07, 6.45) is 3.21. The molecule has 0 aliphatic heterocycles. The number of aromatic nitrogens is 2. The Morgan fingerprint density at radius 1 is 1.75 bits per heavy atom. The summed E-state index contributed by atoms with van der Waals surface area (Å²) in [4.78, 5) is 13.5. The van der Waals surface area contributed by atoms with Crippen molar-refractivity contribution in [1.82, 2.24) is 9.55 Å². The van der Waals surface area contributed by atoms with Crippen LogP contribution >= 0.6 is 0 Å². The lowest BCUT2D eigenvalue weighted by molar-refractivity contribution is 0.402. The molecule has 4 heteroatoms. The van der Waals surface area contributed by atoms with Crippen molar-refractivity contribution in [2.45, 2.75) is 20.4 Å². The highest BCUT2D eigenvalue weighted by Crippen LogP contribution is 2.14. The second kappa shape index (κ2) is 2.86. The molecule has 1 heterocycles. The summed E-state index contributed by atoms with van der Waals surface area (Å²) in [7, 11) is 0. The molecule has 1 aromatic heterocycles. The summed E-state index contributed by atoms with van der Waals surface area (Å²) in [6.45, 7) is 4.02. The highest BCUT2D eigenvalue weighted by atomic mass is 16.1. The van der Waals surface area contributed by atoms with E-state index in [1.54, 1.807) is 26.2 Å². The van der Waals surface area contributed by atoms with Crippen LogP contribution in [-0.2, 0) is 6.54 Å². The molecule has 1 aromatic rings. The van der Waals surface area contributed by atoms with Crippen LogP contribution in [0.25, 0.3) is 0 Å². The van der Waals surface area contributed by atoms with Crippen molar-refractivity contribution in [2.24, 2.45) is 5.41 Å². The largest absolute Gasteiger partial charge is 0.325 e. The number of nitrogens with one attached hydrogen (secondary N) is 1. The minimum Gasteiger partial charge on any atom is -0.313 e. The van der Waals surface area contributed by atoms with E-state index >= 15 is 0 Å². The molecule has 0 radical (unpaired) electrons. The highest BCUT2D eigenvalue weighted by Gasteiger charge is 2.17. The molecule has 0 aliphatic rings. The van der Waals surface area contributed by atoms with Crippen LogP contribution in [0.15, 0.2) is 17.2 Å². The van der Waals surface area contributed by atoms with Gasteiger partial charge < -0.3 is 4.98 Å². The zero-order valence-corrected chi connectivity index (χ0v) is 7.16. The summed E-state index contributed by atoms with van der Waals surface area (Å²) >= 11 is 0. The Morgan fingerprint density at radius 3 is 2.83 bits per heavy atom. The standard InChI is InChI=1S/C8H11N3O/c1-8(2,5-9)6-11-4-3-10-7(11)12/h3-4H,6H2,1-2H3,(H,10,12). The lowest BCUT2D eigenvalue weighted by Crippen LogP contribution is -2.25. The molecule has 1 rings (SSSR count). The first kappa shape index (κ1) is 8.60. The maximum Gasteiger partial charge on any atom is 0.325 e. The molecule has 0 aliphatic carbocycles. The first-order valence-electron chi connectivity index (χ1n) is 3.70. The number of nitriles is 1. The summed E-state index contributed by atoms with van der Waals surface area (Å²) < 4.78 is 1.49. The number of imidazole rings is 1. The van der Waals surface area contributed by atoms with Gasteiger partial charge in [0.1, 0.15) is 0 Å². The van der Waals surface area contributed by atoms with Gasteiger partial charge in [0, 0.05) is 18.9 Å². The topological polar surface area (TPSA) is 61.6 Å². The van der Waals surface area contributed by atoms with Crippen LogP contribution in [0.5, 0.6) is 0 Å². The van der Waals surface area contributed by atoms with E-state index in [4.69, 9.17) is 5.26 Å². The molecule has 0 bridgehead atoms. The fourth-order valence-electron chi connectivity index (χ4n) is 0.935. The van der Waals surface area contributed by atoms with Crippen molar-refractivity contribution in [3.63, 3.8) is 0 Å². The molecular formula is C8H11N3O. The van der Waals surface area contributed by atoms with Gasteiger partial charge >= 0.3 is 5.69 Å². The summed E-state index contributed by atoms with van der Waals surface area (Å²) in [5.41, 5.74) is -0.662. The summed E-state index contributed by atoms with van der Waals surface area (Å²) in [5, 5.41) is 8.71. The Labute approximate surface area is 70.4 Å². The van der Waals surface area contributed by atoms with Crippen molar-refractivity contribution >= 4 is 0 Å². The smallest absolute Gasteiger partial charge is 0.313 e. The molecule has 0 atom stereocenters. The molecule has 0 saturated heterocycles. The second-order valence-electron chi connectivity index (χ2n) is 3.39. The van der Waals surface area contributed by atoms with Gasteiger partial charge in [-0.2, -0.15) is 5.26 Å². The molecule has 0 unspecified atom stereocenters. The van der Waals surface area contributed by atoms with Gasteiger partial charge in [-0.15, -0.1) is 0 Å². The van der Waals surface area contributed by atoms with Crippen LogP contribution < -0.4 is 5.69 Å². The minimum atomic E-state index is -0.494. The number of hydrogen-bond donors (Lipinski definition) is 1. The van der Waals surface area contributed by atoms with Crippen molar-refractivity contribution in [1.29, 1.82) is 5.26 Å². The molecule has 0 saturated carbocycles. The number of hydrogen-bond acceptors (Lipinski definition) is 2. The SMILES string of the molecule is CC(C)(C#N)Cn1cc[nH]c1=O. The fraction of sp³-hybridized carbons (Fsp3) is 0.500. The van der Waals surface area contributed by atoms with E-state index in [2.05, 4.69) is 11.1 Å². The molecule has 1 N–H and O–H groups in total. The third-order valence-electron chi connectivity index (χ3n) is 1.59. The predicted octanol–water partition coefficient (Wildman–Crippen LogP) is 0.726. The Hall–Kier alpha value is -1.50. The van der Waals surface area contributed by atoms with Crippen LogP contribution in [0, 0.1) is 16.7 Å². The molecule has 12 heavy (non-hydrogen) atoms. The molecule has 0 spiro atoms. The Balaban J connectivity index is 2.86. The molecule has 0 amide bonds. The van der Waals surface area contributed by atoms with E-state index in [-0.39, 0.29) is 5.69 Å². The maximum absolute atomic E-state index is 11.0. The molecular weight excluding hydrogens is 154 g/mol. The number of nitrogens with zero attached hydrogens (tertiary/aromatic N) is 2. The van der Waals surface area contributed by atoms with E-state index in [0.717, 1.165) is 0 Å². The van der Waals surface area contributed by atoms with Crippen LogP contribution in [0.4, 0.5) is 0 Å². The normalized spacial score (nSPS) is 11.1. The Bertz CT molecular complexity index is 353. The molecule has 64 valence electrons. The number of H-pyrrole nitrogens is 1. The highest BCUT2D eigenvalue weighted by molar-refractivity contribution is 4.93. The van der Waals surface area contributed by atoms with E-state index in [0.29, 0.717) is 6.54 Å². The van der Waals surface area contributed by atoms with Gasteiger partial charge in [0.15, 0.2) is 0 Å². The lowest BCUT2D eigenvalue weighted by atomic mass is 9.96. The van der Waals surface area contributed by atoms with Crippen molar-refractivity contribution < 1.29 is 0 Å². The average Bonchev–Trinajstić information content (AvgIpc) is 2.36. The third kappa shape index (κ3) is 1.76. The zero-order chi connectivity index (χ0) is 9.19.